The Bertz CT molecular complexity index is 347. The quantitative estimate of drug-likeness (QED) is 0.825. The molecule has 0 unspecified atom stereocenters. The Labute approximate surface area is 104 Å². The van der Waals surface area contributed by atoms with Crippen molar-refractivity contribution in [2.45, 2.75) is 52.5 Å². The average Bonchev–Trinajstić information content (AvgIpc) is 2.33. The number of nitrogen functional groups attached to an aromatic ring is 1. The zero-order valence-electron chi connectivity index (χ0n) is 11.4. The van der Waals surface area contributed by atoms with E-state index in [2.05, 4.69) is 42.7 Å². The first-order valence-corrected chi connectivity index (χ1v) is 6.47. The van der Waals surface area contributed by atoms with Gasteiger partial charge in [-0.05, 0) is 19.3 Å². The molecule has 4 nitrogen and oxygen atoms in total. The van der Waals surface area contributed by atoms with Gasteiger partial charge in [0.15, 0.2) is 0 Å². The topological polar surface area (TPSA) is 55.0 Å². The predicted molar refractivity (Wildman–Crippen MR) is 73.2 cm³/mol. The highest BCUT2D eigenvalue weighted by Gasteiger charge is 2.17. The Kier molecular flexibility index (Phi) is 5.19. The van der Waals surface area contributed by atoms with Crippen molar-refractivity contribution >= 4 is 11.6 Å². The molecular weight excluding hydrogens is 212 g/mol. The minimum absolute atomic E-state index is 0.514. The van der Waals surface area contributed by atoms with Crippen molar-refractivity contribution in [1.82, 2.24) is 9.97 Å². The highest BCUT2D eigenvalue weighted by Crippen LogP contribution is 2.25. The fraction of sp³-hybridized carbons (Fsp3) is 0.692. The molecule has 0 radical (unpaired) electrons. The van der Waals surface area contributed by atoms with Gasteiger partial charge < -0.3 is 10.6 Å². The molecule has 0 aliphatic carbocycles. The average molecular weight is 236 g/mol. The summed E-state index contributed by atoms with van der Waals surface area (Å²) in [5.41, 5.74) is 7.04. The van der Waals surface area contributed by atoms with Crippen molar-refractivity contribution in [3.8, 4) is 0 Å². The van der Waals surface area contributed by atoms with Crippen LogP contribution in [0.3, 0.4) is 0 Å². The van der Waals surface area contributed by atoms with E-state index in [0.717, 1.165) is 37.1 Å². The Balaban J connectivity index is 3.07. The van der Waals surface area contributed by atoms with Crippen molar-refractivity contribution < 1.29 is 0 Å². The van der Waals surface area contributed by atoms with Crippen LogP contribution in [0.1, 0.15) is 45.6 Å². The Hall–Kier alpha value is -1.32. The number of rotatable bonds is 6. The summed E-state index contributed by atoms with van der Waals surface area (Å²) in [5.74, 6) is 1.61. The molecule has 1 heterocycles. The van der Waals surface area contributed by atoms with E-state index in [0.29, 0.717) is 11.9 Å². The lowest BCUT2D eigenvalue weighted by Crippen LogP contribution is -2.32. The zero-order chi connectivity index (χ0) is 12.8. The van der Waals surface area contributed by atoms with Crippen LogP contribution in [0.4, 0.5) is 11.6 Å². The summed E-state index contributed by atoms with van der Waals surface area (Å²) < 4.78 is 0. The highest BCUT2D eigenvalue weighted by molar-refractivity contribution is 5.56. The van der Waals surface area contributed by atoms with E-state index in [9.17, 15) is 0 Å². The van der Waals surface area contributed by atoms with Gasteiger partial charge in [0.05, 0.1) is 0 Å². The molecule has 0 amide bonds. The lowest BCUT2D eigenvalue weighted by Gasteiger charge is -2.29. The Morgan fingerprint density at radius 1 is 1.24 bits per heavy atom. The molecule has 0 spiro atoms. The number of nitrogens with two attached hydrogens (primary N) is 1. The molecule has 0 fully saturated rings. The molecule has 2 N–H and O–H groups in total. The molecule has 1 aromatic rings. The number of hydrogen-bond acceptors (Lipinski definition) is 4. The minimum atomic E-state index is 0.514. The largest absolute Gasteiger partial charge is 0.383 e. The number of hydrogen-bond donors (Lipinski definition) is 1. The fourth-order valence-electron chi connectivity index (χ4n) is 2.22. The van der Waals surface area contributed by atoms with Gasteiger partial charge in [0.1, 0.15) is 18.0 Å². The summed E-state index contributed by atoms with van der Waals surface area (Å²) in [5, 5.41) is 0. The summed E-state index contributed by atoms with van der Waals surface area (Å²) in [6.07, 6.45) is 5.78. The maximum Gasteiger partial charge on any atom is 0.137 e. The predicted octanol–water partition coefficient (Wildman–Crippen LogP) is 2.64. The van der Waals surface area contributed by atoms with Gasteiger partial charge in [0.2, 0.25) is 0 Å². The van der Waals surface area contributed by atoms with Crippen LogP contribution in [0, 0.1) is 0 Å². The summed E-state index contributed by atoms with van der Waals surface area (Å²) in [6, 6.07) is 0.514. The van der Waals surface area contributed by atoms with E-state index < -0.39 is 0 Å². The second-order valence-electron chi connectivity index (χ2n) is 4.39. The summed E-state index contributed by atoms with van der Waals surface area (Å²) >= 11 is 0. The van der Waals surface area contributed by atoms with Gasteiger partial charge in [-0.15, -0.1) is 0 Å². The molecule has 4 heteroatoms. The third kappa shape index (κ3) is 3.08. The van der Waals surface area contributed by atoms with Crippen LogP contribution in [0.25, 0.3) is 0 Å². The normalized spacial score (nSPS) is 10.9. The van der Waals surface area contributed by atoms with Crippen LogP contribution in [-0.2, 0) is 6.42 Å². The maximum absolute atomic E-state index is 5.95. The molecule has 96 valence electrons. The van der Waals surface area contributed by atoms with Gasteiger partial charge >= 0.3 is 0 Å². The molecule has 0 saturated carbocycles. The molecular formula is C13H24N4. The van der Waals surface area contributed by atoms with Crippen LogP contribution < -0.4 is 10.6 Å². The molecule has 1 rings (SSSR count). The monoisotopic (exact) mass is 236 g/mol. The zero-order valence-corrected chi connectivity index (χ0v) is 11.4. The number of aromatic nitrogens is 2. The third-order valence-electron chi connectivity index (χ3n) is 3.28. The van der Waals surface area contributed by atoms with E-state index in [1.165, 1.54) is 0 Å². The minimum Gasteiger partial charge on any atom is -0.383 e. The Morgan fingerprint density at radius 3 is 2.41 bits per heavy atom. The van der Waals surface area contributed by atoms with Crippen molar-refractivity contribution in [2.75, 3.05) is 17.7 Å². The SMILES string of the molecule is CCCc1c(N)ncnc1N(C)C(CC)CC. The second kappa shape index (κ2) is 6.42. The van der Waals surface area contributed by atoms with Gasteiger partial charge in [-0.2, -0.15) is 0 Å². The standard InChI is InChI=1S/C13H24N4/c1-5-8-11-12(14)15-9-16-13(11)17(4)10(6-2)7-3/h9-10H,5-8H2,1-4H3,(H2,14,15,16). The number of anilines is 2. The smallest absolute Gasteiger partial charge is 0.137 e. The van der Waals surface area contributed by atoms with E-state index >= 15 is 0 Å². The van der Waals surface area contributed by atoms with Crippen LogP contribution in [0.5, 0.6) is 0 Å². The summed E-state index contributed by atoms with van der Waals surface area (Å²) in [6.45, 7) is 6.55. The molecule has 17 heavy (non-hydrogen) atoms. The molecule has 0 saturated heterocycles. The summed E-state index contributed by atoms with van der Waals surface area (Å²) in [7, 11) is 2.10. The van der Waals surface area contributed by atoms with Gasteiger partial charge in [-0.25, -0.2) is 9.97 Å². The van der Waals surface area contributed by atoms with Crippen molar-refractivity contribution in [3.63, 3.8) is 0 Å². The first kappa shape index (κ1) is 13.7. The van der Waals surface area contributed by atoms with E-state index in [-0.39, 0.29) is 0 Å². The highest BCUT2D eigenvalue weighted by atomic mass is 15.2. The van der Waals surface area contributed by atoms with Gasteiger partial charge in [-0.1, -0.05) is 27.2 Å². The third-order valence-corrected chi connectivity index (χ3v) is 3.28. The fourth-order valence-corrected chi connectivity index (χ4v) is 2.22. The second-order valence-corrected chi connectivity index (χ2v) is 4.39. The maximum atomic E-state index is 5.95. The van der Waals surface area contributed by atoms with Crippen molar-refractivity contribution in [1.29, 1.82) is 0 Å². The van der Waals surface area contributed by atoms with Crippen molar-refractivity contribution in [2.24, 2.45) is 0 Å². The summed E-state index contributed by atoms with van der Waals surface area (Å²) in [4.78, 5) is 10.7. The molecule has 1 aromatic heterocycles. The van der Waals surface area contributed by atoms with Crippen LogP contribution in [-0.4, -0.2) is 23.1 Å². The molecule has 0 aromatic carbocycles. The van der Waals surface area contributed by atoms with Crippen LogP contribution >= 0.6 is 0 Å². The van der Waals surface area contributed by atoms with Crippen molar-refractivity contribution in [3.05, 3.63) is 11.9 Å². The lowest BCUT2D eigenvalue weighted by atomic mass is 10.1. The van der Waals surface area contributed by atoms with E-state index in [4.69, 9.17) is 5.73 Å². The van der Waals surface area contributed by atoms with Gasteiger partial charge in [0, 0.05) is 18.7 Å². The molecule has 0 aliphatic heterocycles. The van der Waals surface area contributed by atoms with Gasteiger partial charge in [0.25, 0.3) is 0 Å². The van der Waals surface area contributed by atoms with Crippen LogP contribution in [0.15, 0.2) is 6.33 Å². The van der Waals surface area contributed by atoms with Gasteiger partial charge in [-0.3, -0.25) is 0 Å². The first-order chi connectivity index (χ1) is 8.15. The van der Waals surface area contributed by atoms with E-state index in [1.807, 2.05) is 0 Å². The molecule has 0 bridgehead atoms. The lowest BCUT2D eigenvalue weighted by molar-refractivity contribution is 0.584. The molecule has 0 atom stereocenters. The first-order valence-electron chi connectivity index (χ1n) is 6.47. The van der Waals surface area contributed by atoms with E-state index in [1.54, 1.807) is 6.33 Å². The molecule has 0 aliphatic rings. The van der Waals surface area contributed by atoms with Crippen LogP contribution in [0.2, 0.25) is 0 Å². The Morgan fingerprint density at radius 2 is 1.88 bits per heavy atom. The number of nitrogens with zero attached hydrogens (tertiary/aromatic N) is 3.